The SMILES string of the molecule is CCCNC(=O)c1ccc(C)c(N2CCCCS2(=O)=O)c1. The summed E-state index contributed by atoms with van der Waals surface area (Å²) in [6, 6.07) is 5.23. The Balaban J connectivity index is 2.33. The van der Waals surface area contributed by atoms with Crippen molar-refractivity contribution >= 4 is 21.6 Å². The van der Waals surface area contributed by atoms with Gasteiger partial charge < -0.3 is 5.32 Å². The van der Waals surface area contributed by atoms with Crippen molar-refractivity contribution in [1.82, 2.24) is 5.32 Å². The fourth-order valence-electron chi connectivity index (χ4n) is 2.42. The summed E-state index contributed by atoms with van der Waals surface area (Å²) in [5.41, 5.74) is 2.00. The minimum Gasteiger partial charge on any atom is -0.352 e. The molecule has 0 spiro atoms. The second kappa shape index (κ2) is 6.47. The topological polar surface area (TPSA) is 66.5 Å². The molecule has 1 aliphatic heterocycles. The lowest BCUT2D eigenvalue weighted by Gasteiger charge is -2.29. The minimum absolute atomic E-state index is 0.160. The highest BCUT2D eigenvalue weighted by molar-refractivity contribution is 7.92. The molecule has 0 bridgehead atoms. The monoisotopic (exact) mass is 310 g/mol. The molecule has 21 heavy (non-hydrogen) atoms. The van der Waals surface area contributed by atoms with Gasteiger partial charge in [0.2, 0.25) is 10.0 Å². The number of anilines is 1. The molecule has 1 amide bonds. The maximum Gasteiger partial charge on any atom is 0.251 e. The van der Waals surface area contributed by atoms with Crippen molar-refractivity contribution in [3.8, 4) is 0 Å². The van der Waals surface area contributed by atoms with Crippen molar-refractivity contribution in [2.75, 3.05) is 23.1 Å². The van der Waals surface area contributed by atoms with Gasteiger partial charge in [-0.1, -0.05) is 13.0 Å². The molecule has 0 unspecified atom stereocenters. The molecule has 1 fully saturated rings. The Morgan fingerprint density at radius 2 is 2.10 bits per heavy atom. The van der Waals surface area contributed by atoms with Crippen LogP contribution in [0.25, 0.3) is 0 Å². The number of rotatable bonds is 4. The van der Waals surface area contributed by atoms with Crippen molar-refractivity contribution < 1.29 is 13.2 Å². The number of nitrogens with zero attached hydrogens (tertiary/aromatic N) is 1. The van der Waals surface area contributed by atoms with E-state index in [0.717, 1.165) is 18.4 Å². The van der Waals surface area contributed by atoms with Gasteiger partial charge in [0.1, 0.15) is 0 Å². The Morgan fingerprint density at radius 1 is 1.33 bits per heavy atom. The lowest BCUT2D eigenvalue weighted by molar-refractivity contribution is 0.0953. The van der Waals surface area contributed by atoms with Gasteiger partial charge in [0.15, 0.2) is 0 Å². The molecule has 1 saturated heterocycles. The molecule has 0 aliphatic carbocycles. The summed E-state index contributed by atoms with van der Waals surface area (Å²) >= 11 is 0. The predicted molar refractivity (Wildman–Crippen MR) is 84.2 cm³/mol. The van der Waals surface area contributed by atoms with Gasteiger partial charge in [-0.2, -0.15) is 0 Å². The van der Waals surface area contributed by atoms with Gasteiger partial charge in [-0.05, 0) is 43.9 Å². The highest BCUT2D eigenvalue weighted by Gasteiger charge is 2.27. The summed E-state index contributed by atoms with van der Waals surface area (Å²) in [6.07, 6.45) is 2.42. The summed E-state index contributed by atoms with van der Waals surface area (Å²) in [5.74, 6) is 0.0195. The highest BCUT2D eigenvalue weighted by Crippen LogP contribution is 2.27. The third-order valence-corrected chi connectivity index (χ3v) is 5.48. The summed E-state index contributed by atoms with van der Waals surface area (Å²) in [7, 11) is -3.26. The standard InChI is InChI=1S/C15H22N2O3S/c1-3-8-16-15(18)13-7-6-12(2)14(11-13)17-9-4-5-10-21(17,19)20/h6-7,11H,3-5,8-10H2,1-2H3,(H,16,18). The molecular formula is C15H22N2O3S. The van der Waals surface area contributed by atoms with E-state index in [1.165, 1.54) is 4.31 Å². The van der Waals surface area contributed by atoms with E-state index < -0.39 is 10.0 Å². The Hall–Kier alpha value is -1.56. The van der Waals surface area contributed by atoms with E-state index in [1.807, 2.05) is 13.8 Å². The van der Waals surface area contributed by atoms with Gasteiger partial charge in [0.05, 0.1) is 11.4 Å². The zero-order valence-corrected chi connectivity index (χ0v) is 13.4. The van der Waals surface area contributed by atoms with Gasteiger partial charge in [-0.3, -0.25) is 9.10 Å². The van der Waals surface area contributed by atoms with Crippen LogP contribution in [0.15, 0.2) is 18.2 Å². The number of amides is 1. The largest absolute Gasteiger partial charge is 0.352 e. The first-order valence-corrected chi connectivity index (χ1v) is 8.96. The number of sulfonamides is 1. The zero-order valence-electron chi connectivity index (χ0n) is 12.6. The van der Waals surface area contributed by atoms with Gasteiger partial charge in [-0.15, -0.1) is 0 Å². The normalized spacial score (nSPS) is 17.5. The summed E-state index contributed by atoms with van der Waals surface area (Å²) < 4.78 is 25.9. The summed E-state index contributed by atoms with van der Waals surface area (Å²) in [5, 5.41) is 2.81. The average Bonchev–Trinajstić information content (AvgIpc) is 2.45. The Labute approximate surface area is 126 Å². The molecule has 0 saturated carbocycles. The van der Waals surface area contributed by atoms with Crippen LogP contribution in [0, 0.1) is 6.92 Å². The Morgan fingerprint density at radius 3 is 2.76 bits per heavy atom. The second-order valence-electron chi connectivity index (χ2n) is 5.35. The first-order chi connectivity index (χ1) is 9.95. The maximum atomic E-state index is 12.2. The maximum absolute atomic E-state index is 12.2. The lowest BCUT2D eigenvalue weighted by Crippen LogP contribution is -2.38. The van der Waals surface area contributed by atoms with Crippen LogP contribution in [0.4, 0.5) is 5.69 Å². The number of carbonyl (C=O) groups excluding carboxylic acids is 1. The molecule has 2 rings (SSSR count). The van der Waals surface area contributed by atoms with E-state index in [0.29, 0.717) is 30.8 Å². The van der Waals surface area contributed by atoms with E-state index in [2.05, 4.69) is 5.32 Å². The number of carbonyl (C=O) groups is 1. The van der Waals surface area contributed by atoms with E-state index in [4.69, 9.17) is 0 Å². The molecule has 0 radical (unpaired) electrons. The first kappa shape index (κ1) is 15.8. The van der Waals surface area contributed by atoms with Crippen LogP contribution < -0.4 is 9.62 Å². The third-order valence-electron chi connectivity index (χ3n) is 3.62. The number of hydrogen-bond acceptors (Lipinski definition) is 3. The fourth-order valence-corrected chi connectivity index (χ4v) is 4.11. The minimum atomic E-state index is -3.26. The van der Waals surface area contributed by atoms with Crippen molar-refractivity contribution in [3.05, 3.63) is 29.3 Å². The summed E-state index contributed by atoms with van der Waals surface area (Å²) in [6.45, 7) is 4.96. The van der Waals surface area contributed by atoms with Crippen LogP contribution in [0.3, 0.4) is 0 Å². The number of hydrogen-bond donors (Lipinski definition) is 1. The van der Waals surface area contributed by atoms with E-state index in [-0.39, 0.29) is 11.7 Å². The van der Waals surface area contributed by atoms with E-state index in [9.17, 15) is 13.2 Å². The predicted octanol–water partition coefficient (Wildman–Crippen LogP) is 2.06. The number of nitrogens with one attached hydrogen (secondary N) is 1. The second-order valence-corrected chi connectivity index (χ2v) is 7.37. The smallest absolute Gasteiger partial charge is 0.251 e. The number of aryl methyl sites for hydroxylation is 1. The summed E-state index contributed by atoms with van der Waals surface area (Å²) in [4.78, 5) is 12.0. The molecule has 1 N–H and O–H groups in total. The Bertz CT molecular complexity index is 626. The Kier molecular flexibility index (Phi) is 4.88. The average molecular weight is 310 g/mol. The van der Waals surface area contributed by atoms with Gasteiger partial charge in [0, 0.05) is 18.7 Å². The highest BCUT2D eigenvalue weighted by atomic mass is 32.2. The molecular weight excluding hydrogens is 288 g/mol. The van der Waals surface area contributed by atoms with Gasteiger partial charge in [-0.25, -0.2) is 8.42 Å². The number of benzene rings is 1. The molecule has 116 valence electrons. The van der Waals surface area contributed by atoms with Crippen molar-refractivity contribution in [2.45, 2.75) is 33.1 Å². The van der Waals surface area contributed by atoms with Gasteiger partial charge >= 0.3 is 0 Å². The van der Waals surface area contributed by atoms with Crippen LogP contribution in [0.1, 0.15) is 42.1 Å². The van der Waals surface area contributed by atoms with E-state index in [1.54, 1.807) is 18.2 Å². The van der Waals surface area contributed by atoms with Crippen LogP contribution in [-0.2, 0) is 10.0 Å². The van der Waals surface area contributed by atoms with Crippen molar-refractivity contribution in [2.24, 2.45) is 0 Å². The zero-order chi connectivity index (χ0) is 15.5. The molecule has 1 heterocycles. The van der Waals surface area contributed by atoms with Crippen LogP contribution in [-0.4, -0.2) is 33.2 Å². The fraction of sp³-hybridized carbons (Fsp3) is 0.533. The molecule has 0 aromatic heterocycles. The van der Waals surface area contributed by atoms with Gasteiger partial charge in [0.25, 0.3) is 5.91 Å². The molecule has 6 heteroatoms. The van der Waals surface area contributed by atoms with Crippen LogP contribution in [0.2, 0.25) is 0 Å². The molecule has 1 aromatic carbocycles. The lowest BCUT2D eigenvalue weighted by atomic mass is 10.1. The van der Waals surface area contributed by atoms with Crippen LogP contribution in [0.5, 0.6) is 0 Å². The van der Waals surface area contributed by atoms with E-state index >= 15 is 0 Å². The van der Waals surface area contributed by atoms with Crippen molar-refractivity contribution in [3.63, 3.8) is 0 Å². The molecule has 0 atom stereocenters. The third kappa shape index (κ3) is 3.56. The first-order valence-electron chi connectivity index (χ1n) is 7.35. The van der Waals surface area contributed by atoms with Crippen molar-refractivity contribution in [1.29, 1.82) is 0 Å². The molecule has 1 aromatic rings. The molecule has 5 nitrogen and oxygen atoms in total. The van der Waals surface area contributed by atoms with Crippen LogP contribution >= 0.6 is 0 Å². The molecule has 1 aliphatic rings. The quantitative estimate of drug-likeness (QED) is 0.925.